The summed E-state index contributed by atoms with van der Waals surface area (Å²) in [5.41, 5.74) is 0. The van der Waals surface area contributed by atoms with Crippen molar-refractivity contribution in [2.24, 2.45) is 11.8 Å². The van der Waals surface area contributed by atoms with Gasteiger partial charge >= 0.3 is 0 Å². The fourth-order valence-corrected chi connectivity index (χ4v) is 2.13. The predicted molar refractivity (Wildman–Crippen MR) is 60.2 cm³/mol. The lowest BCUT2D eigenvalue weighted by Crippen LogP contribution is -2.28. The van der Waals surface area contributed by atoms with Gasteiger partial charge in [0.1, 0.15) is 0 Å². The third-order valence-electron chi connectivity index (χ3n) is 3.27. The summed E-state index contributed by atoms with van der Waals surface area (Å²) in [6.07, 6.45) is 4.69. The van der Waals surface area contributed by atoms with Crippen LogP contribution in [0.15, 0.2) is 0 Å². The molecular formula is C12H26O2. The van der Waals surface area contributed by atoms with Crippen LogP contribution in [0, 0.1) is 11.8 Å². The van der Waals surface area contributed by atoms with Crippen LogP contribution in [0.25, 0.3) is 0 Å². The lowest BCUT2D eigenvalue weighted by molar-refractivity contribution is 0.0379. The molecule has 0 aromatic heterocycles. The molecule has 0 saturated heterocycles. The quantitative estimate of drug-likeness (QED) is 0.635. The van der Waals surface area contributed by atoms with Crippen molar-refractivity contribution in [3.63, 3.8) is 0 Å². The van der Waals surface area contributed by atoms with E-state index in [-0.39, 0.29) is 12.7 Å². The highest BCUT2D eigenvalue weighted by molar-refractivity contribution is 4.74. The van der Waals surface area contributed by atoms with Crippen LogP contribution in [0.3, 0.4) is 0 Å². The summed E-state index contributed by atoms with van der Waals surface area (Å²) >= 11 is 0. The van der Waals surface area contributed by atoms with Crippen molar-refractivity contribution in [1.82, 2.24) is 0 Å². The Morgan fingerprint density at radius 2 is 1.43 bits per heavy atom. The van der Waals surface area contributed by atoms with Crippen LogP contribution in [0.2, 0.25) is 0 Å². The first-order valence-corrected chi connectivity index (χ1v) is 6.00. The Bertz CT molecular complexity index is 121. The van der Waals surface area contributed by atoms with Gasteiger partial charge in [0.2, 0.25) is 0 Å². The van der Waals surface area contributed by atoms with E-state index in [0.717, 1.165) is 32.1 Å². The maximum Gasteiger partial charge on any atom is 0.0596 e. The first-order chi connectivity index (χ1) is 6.71. The van der Waals surface area contributed by atoms with E-state index in [1.54, 1.807) is 0 Å². The van der Waals surface area contributed by atoms with Crippen molar-refractivity contribution >= 4 is 0 Å². The van der Waals surface area contributed by atoms with E-state index in [9.17, 15) is 5.11 Å². The summed E-state index contributed by atoms with van der Waals surface area (Å²) in [5.74, 6) is 0.797. The monoisotopic (exact) mass is 202 g/mol. The van der Waals surface area contributed by atoms with Gasteiger partial charge in [0.25, 0.3) is 0 Å². The second-order valence-corrected chi connectivity index (χ2v) is 4.10. The Hall–Kier alpha value is -0.0800. The standard InChI is InChI=1S/C12H26O2/c1-4-10(5-2)12(14)11(6-3)8-7-9-13/h10-14H,4-9H2,1-3H3. The Balaban J connectivity index is 4.06. The van der Waals surface area contributed by atoms with Crippen molar-refractivity contribution in [1.29, 1.82) is 0 Å². The van der Waals surface area contributed by atoms with E-state index in [0.29, 0.717) is 11.8 Å². The molecule has 2 unspecified atom stereocenters. The normalized spacial score (nSPS) is 15.9. The molecule has 86 valence electrons. The topological polar surface area (TPSA) is 40.5 Å². The van der Waals surface area contributed by atoms with Gasteiger partial charge in [-0.25, -0.2) is 0 Å². The van der Waals surface area contributed by atoms with Gasteiger partial charge in [0.05, 0.1) is 6.10 Å². The number of aliphatic hydroxyl groups is 2. The smallest absolute Gasteiger partial charge is 0.0596 e. The molecule has 0 radical (unpaired) electrons. The van der Waals surface area contributed by atoms with Gasteiger partial charge in [0, 0.05) is 6.61 Å². The van der Waals surface area contributed by atoms with Crippen molar-refractivity contribution in [3.8, 4) is 0 Å². The molecule has 2 heteroatoms. The summed E-state index contributed by atoms with van der Waals surface area (Å²) in [5, 5.41) is 18.9. The molecule has 0 amide bonds. The molecule has 0 fully saturated rings. The van der Waals surface area contributed by atoms with Gasteiger partial charge in [-0.3, -0.25) is 0 Å². The molecule has 0 aliphatic heterocycles. The van der Waals surface area contributed by atoms with E-state index in [2.05, 4.69) is 20.8 Å². The average molecular weight is 202 g/mol. The maximum atomic E-state index is 10.1. The lowest BCUT2D eigenvalue weighted by Gasteiger charge is -2.27. The molecule has 0 aliphatic carbocycles. The fraction of sp³-hybridized carbons (Fsp3) is 1.00. The number of aliphatic hydroxyl groups excluding tert-OH is 2. The van der Waals surface area contributed by atoms with E-state index in [4.69, 9.17) is 5.11 Å². The Labute approximate surface area is 88.3 Å². The van der Waals surface area contributed by atoms with Crippen molar-refractivity contribution in [2.75, 3.05) is 6.61 Å². The first-order valence-electron chi connectivity index (χ1n) is 6.00. The van der Waals surface area contributed by atoms with Crippen LogP contribution in [0.5, 0.6) is 0 Å². The van der Waals surface area contributed by atoms with Gasteiger partial charge < -0.3 is 10.2 Å². The van der Waals surface area contributed by atoms with Gasteiger partial charge in [-0.15, -0.1) is 0 Å². The van der Waals surface area contributed by atoms with Crippen LogP contribution in [-0.4, -0.2) is 22.9 Å². The van der Waals surface area contributed by atoms with Crippen LogP contribution in [0.4, 0.5) is 0 Å². The molecule has 0 bridgehead atoms. The van der Waals surface area contributed by atoms with Gasteiger partial charge in [-0.1, -0.05) is 40.0 Å². The number of hydrogen-bond donors (Lipinski definition) is 2. The third kappa shape index (κ3) is 4.43. The summed E-state index contributed by atoms with van der Waals surface area (Å²) < 4.78 is 0. The lowest BCUT2D eigenvalue weighted by atomic mass is 9.83. The first kappa shape index (κ1) is 13.9. The summed E-state index contributed by atoms with van der Waals surface area (Å²) in [4.78, 5) is 0. The molecule has 0 aliphatic rings. The molecular weight excluding hydrogens is 176 g/mol. The number of hydrogen-bond acceptors (Lipinski definition) is 2. The SMILES string of the molecule is CCC(CC)C(O)C(CC)CCCO. The molecule has 0 aromatic rings. The number of rotatable bonds is 8. The molecule has 14 heavy (non-hydrogen) atoms. The third-order valence-corrected chi connectivity index (χ3v) is 3.27. The van der Waals surface area contributed by atoms with E-state index < -0.39 is 0 Å². The predicted octanol–water partition coefficient (Wildman–Crippen LogP) is 2.58. The van der Waals surface area contributed by atoms with Crippen molar-refractivity contribution < 1.29 is 10.2 Å². The van der Waals surface area contributed by atoms with E-state index >= 15 is 0 Å². The molecule has 0 saturated carbocycles. The fourth-order valence-electron chi connectivity index (χ4n) is 2.13. The largest absolute Gasteiger partial charge is 0.396 e. The highest BCUT2D eigenvalue weighted by Crippen LogP contribution is 2.25. The maximum absolute atomic E-state index is 10.1. The Morgan fingerprint density at radius 3 is 1.79 bits per heavy atom. The minimum absolute atomic E-state index is 0.179. The zero-order valence-electron chi connectivity index (χ0n) is 9.87. The van der Waals surface area contributed by atoms with Crippen molar-refractivity contribution in [3.05, 3.63) is 0 Å². The molecule has 0 heterocycles. The minimum atomic E-state index is -0.179. The highest BCUT2D eigenvalue weighted by Gasteiger charge is 2.23. The van der Waals surface area contributed by atoms with Crippen LogP contribution in [0.1, 0.15) is 52.9 Å². The highest BCUT2D eigenvalue weighted by atomic mass is 16.3. The van der Waals surface area contributed by atoms with Gasteiger partial charge in [-0.2, -0.15) is 0 Å². The van der Waals surface area contributed by atoms with Gasteiger partial charge in [-0.05, 0) is 24.7 Å². The van der Waals surface area contributed by atoms with Crippen LogP contribution < -0.4 is 0 Å². The second-order valence-electron chi connectivity index (χ2n) is 4.10. The zero-order chi connectivity index (χ0) is 11.0. The molecule has 2 atom stereocenters. The summed E-state index contributed by atoms with van der Waals surface area (Å²) in [6.45, 7) is 6.63. The zero-order valence-corrected chi connectivity index (χ0v) is 9.87. The van der Waals surface area contributed by atoms with E-state index in [1.165, 1.54) is 0 Å². The molecule has 2 N–H and O–H groups in total. The van der Waals surface area contributed by atoms with Gasteiger partial charge in [0.15, 0.2) is 0 Å². The molecule has 2 nitrogen and oxygen atoms in total. The van der Waals surface area contributed by atoms with E-state index in [1.807, 2.05) is 0 Å². The summed E-state index contributed by atoms with van der Waals surface area (Å²) in [7, 11) is 0. The van der Waals surface area contributed by atoms with Crippen molar-refractivity contribution in [2.45, 2.75) is 59.0 Å². The minimum Gasteiger partial charge on any atom is -0.396 e. The molecule has 0 aromatic carbocycles. The molecule has 0 spiro atoms. The Morgan fingerprint density at radius 1 is 0.929 bits per heavy atom. The summed E-state index contributed by atoms with van der Waals surface area (Å²) in [6, 6.07) is 0. The second kappa shape index (κ2) is 8.25. The van der Waals surface area contributed by atoms with Crippen LogP contribution in [-0.2, 0) is 0 Å². The Kier molecular flexibility index (Phi) is 8.20. The average Bonchev–Trinajstić information content (AvgIpc) is 2.21. The molecule has 0 rings (SSSR count). The van der Waals surface area contributed by atoms with Crippen LogP contribution >= 0.6 is 0 Å².